The first-order chi connectivity index (χ1) is 32.1. The summed E-state index contributed by atoms with van der Waals surface area (Å²) in [5.74, 6) is 0. The first-order valence-electron chi connectivity index (χ1n) is 24.6. The molecular weight excluding hydrogens is 821 g/mol. The lowest BCUT2D eigenvalue weighted by atomic mass is 9.89. The molecule has 0 radical (unpaired) electrons. The molecule has 7 aromatic rings. The molecule has 7 rings (SSSR count). The molecule has 2 heteroatoms. The Hall–Kier alpha value is -6.38. The number of hydrogen-bond acceptors (Lipinski definition) is 2. The fraction of sp³-hybridized carbons (Fsp3) is 0.303. The van der Waals surface area contributed by atoms with Gasteiger partial charge in [-0.05, 0) is 296 Å². The molecule has 0 spiro atoms. The highest BCUT2D eigenvalue weighted by molar-refractivity contribution is 5.89. The van der Waals surface area contributed by atoms with Crippen LogP contribution in [0.25, 0.3) is 24.3 Å². The third-order valence-corrected chi connectivity index (χ3v) is 16.9. The molecule has 350 valence electrons. The van der Waals surface area contributed by atoms with E-state index in [0.29, 0.717) is 0 Å². The third-order valence-electron chi connectivity index (χ3n) is 16.9. The number of hydrogen-bond donors (Lipinski definition) is 0. The van der Waals surface area contributed by atoms with Gasteiger partial charge < -0.3 is 9.80 Å². The van der Waals surface area contributed by atoms with Crippen molar-refractivity contribution in [3.63, 3.8) is 0 Å². The van der Waals surface area contributed by atoms with Crippen LogP contribution in [0.15, 0.2) is 72.8 Å². The van der Waals surface area contributed by atoms with Crippen molar-refractivity contribution in [3.05, 3.63) is 206 Å². The van der Waals surface area contributed by atoms with E-state index >= 15 is 0 Å². The van der Waals surface area contributed by atoms with E-state index in [2.05, 4.69) is 245 Å². The van der Waals surface area contributed by atoms with Crippen molar-refractivity contribution in [2.24, 2.45) is 0 Å². The van der Waals surface area contributed by atoms with Crippen LogP contribution < -0.4 is 9.80 Å². The molecule has 0 amide bonds. The molecule has 0 bridgehead atoms. The molecule has 0 aliphatic carbocycles. The van der Waals surface area contributed by atoms with E-state index in [0.717, 1.165) is 11.1 Å². The first-order valence-corrected chi connectivity index (χ1v) is 24.6. The van der Waals surface area contributed by atoms with E-state index < -0.39 is 0 Å². The second-order valence-corrected chi connectivity index (χ2v) is 20.0. The summed E-state index contributed by atoms with van der Waals surface area (Å²) in [5, 5.41) is 0. The van der Waals surface area contributed by atoms with E-state index in [1.807, 2.05) is 0 Å². The maximum atomic E-state index is 2.55. The smallest absolute Gasteiger partial charge is 0.0525 e. The number of rotatable bonds is 10. The summed E-state index contributed by atoms with van der Waals surface area (Å²) in [6, 6.07) is 27.0. The summed E-state index contributed by atoms with van der Waals surface area (Å²) in [6.45, 7) is 45.7. The number of nitrogens with zero attached hydrogens (tertiary/aromatic N) is 2. The molecule has 0 N–H and O–H groups in total. The molecule has 0 fully saturated rings. The zero-order valence-corrected chi connectivity index (χ0v) is 45.1. The molecule has 0 saturated heterocycles. The predicted molar refractivity (Wildman–Crippen MR) is 301 cm³/mol. The molecule has 0 atom stereocenters. The molecule has 68 heavy (non-hydrogen) atoms. The predicted octanol–water partition coefficient (Wildman–Crippen LogP) is 19.1. The van der Waals surface area contributed by atoms with E-state index in [-0.39, 0.29) is 0 Å². The van der Waals surface area contributed by atoms with Gasteiger partial charge in [-0.1, -0.05) is 72.8 Å². The zero-order chi connectivity index (χ0) is 49.8. The summed E-state index contributed by atoms with van der Waals surface area (Å²) in [6.07, 6.45) is 8.99. The van der Waals surface area contributed by atoms with Gasteiger partial charge in [0.15, 0.2) is 0 Å². The molecule has 2 nitrogen and oxygen atoms in total. The van der Waals surface area contributed by atoms with Crippen LogP contribution in [-0.4, -0.2) is 0 Å². The van der Waals surface area contributed by atoms with Crippen molar-refractivity contribution < 1.29 is 0 Å². The minimum atomic E-state index is 1.16. The Bertz CT molecular complexity index is 2710. The minimum Gasteiger partial charge on any atom is -0.309 e. The SMILES string of the molecule is Cc1c(C)c(C)c(N(c2ccc(C=Cc3ccccc3C=Cc3ccc(N(c4c(C)c(C)c(C)c(C)c4C)c4c(C)c(C)c(C)c(C)c4C)cc3)cc2)c2c(C)c(C)c(C)c(C)c2C)c(C)c1C. The lowest BCUT2D eigenvalue weighted by Crippen LogP contribution is -2.18. The maximum absolute atomic E-state index is 2.55. The quantitative estimate of drug-likeness (QED) is 0.126. The first kappa shape index (κ1) is 49.5. The molecule has 7 aromatic carbocycles. The highest BCUT2D eigenvalue weighted by Crippen LogP contribution is 2.48. The summed E-state index contributed by atoms with van der Waals surface area (Å²) in [5.41, 5.74) is 39.3. The van der Waals surface area contributed by atoms with Crippen molar-refractivity contribution in [2.75, 3.05) is 9.80 Å². The van der Waals surface area contributed by atoms with Crippen molar-refractivity contribution in [2.45, 2.75) is 138 Å². The third kappa shape index (κ3) is 8.57. The van der Waals surface area contributed by atoms with Crippen LogP contribution in [0, 0.1) is 138 Å². The fourth-order valence-electron chi connectivity index (χ4n) is 10.7. The van der Waals surface area contributed by atoms with Gasteiger partial charge in [-0.25, -0.2) is 0 Å². The Labute approximate surface area is 411 Å². The Morgan fingerprint density at radius 3 is 0.618 bits per heavy atom. The van der Waals surface area contributed by atoms with Gasteiger partial charge in [0.1, 0.15) is 0 Å². The maximum Gasteiger partial charge on any atom is 0.0525 e. The summed E-state index contributed by atoms with van der Waals surface area (Å²) in [4.78, 5) is 5.09. The highest BCUT2D eigenvalue weighted by atomic mass is 15.2. The number of anilines is 6. The van der Waals surface area contributed by atoms with Gasteiger partial charge in [-0.2, -0.15) is 0 Å². The highest BCUT2D eigenvalue weighted by Gasteiger charge is 2.27. The number of benzene rings is 7. The topological polar surface area (TPSA) is 6.48 Å². The van der Waals surface area contributed by atoms with E-state index in [1.165, 1.54) is 157 Å². The molecule has 0 aromatic heterocycles. The molecule has 0 saturated carbocycles. The van der Waals surface area contributed by atoms with Crippen molar-refractivity contribution in [1.29, 1.82) is 0 Å². The molecular formula is C66H76N2. The van der Waals surface area contributed by atoms with Gasteiger partial charge in [0.25, 0.3) is 0 Å². The van der Waals surface area contributed by atoms with Gasteiger partial charge in [-0.3, -0.25) is 0 Å². The van der Waals surface area contributed by atoms with Crippen LogP contribution in [0.4, 0.5) is 34.1 Å². The fourth-order valence-corrected chi connectivity index (χ4v) is 10.7. The van der Waals surface area contributed by atoms with Gasteiger partial charge in [0.2, 0.25) is 0 Å². The summed E-state index contributed by atoms with van der Waals surface area (Å²) < 4.78 is 0. The average Bonchev–Trinajstić information content (AvgIpc) is 3.34. The normalized spacial score (nSPS) is 11.7. The Morgan fingerprint density at radius 2 is 0.412 bits per heavy atom. The molecule has 0 heterocycles. The average molecular weight is 897 g/mol. The van der Waals surface area contributed by atoms with Gasteiger partial charge in [0.05, 0.1) is 22.7 Å². The summed E-state index contributed by atoms with van der Waals surface area (Å²) >= 11 is 0. The van der Waals surface area contributed by atoms with Crippen molar-refractivity contribution in [3.8, 4) is 0 Å². The largest absolute Gasteiger partial charge is 0.309 e. The standard InChI is InChI=1S/C66H76N2/c1-37-41(5)49(13)63(50(14)42(37)6)67(64-51(15)43(7)38(2)44(8)52(64)16)61-33-27-57(28-34-61)25-31-59-23-21-22-24-60(59)32-26-58-29-35-62(36-30-58)68(65-53(17)45(9)39(3)46(10)54(65)18)66-55(19)47(11)40(4)48(12)56(66)20/h21-36H,1-20H3. The van der Waals surface area contributed by atoms with Crippen molar-refractivity contribution >= 4 is 58.4 Å². The van der Waals surface area contributed by atoms with Gasteiger partial charge in [0, 0.05) is 11.4 Å². The zero-order valence-electron chi connectivity index (χ0n) is 45.1. The summed E-state index contributed by atoms with van der Waals surface area (Å²) in [7, 11) is 0. The van der Waals surface area contributed by atoms with Crippen LogP contribution in [0.1, 0.15) is 134 Å². The van der Waals surface area contributed by atoms with Gasteiger partial charge >= 0.3 is 0 Å². The van der Waals surface area contributed by atoms with Crippen LogP contribution in [0.3, 0.4) is 0 Å². The van der Waals surface area contributed by atoms with E-state index in [9.17, 15) is 0 Å². The van der Waals surface area contributed by atoms with Crippen molar-refractivity contribution in [1.82, 2.24) is 0 Å². The molecule has 0 aliphatic rings. The molecule has 0 aliphatic heterocycles. The van der Waals surface area contributed by atoms with E-state index in [4.69, 9.17) is 0 Å². The van der Waals surface area contributed by atoms with Gasteiger partial charge in [-0.15, -0.1) is 0 Å². The van der Waals surface area contributed by atoms with Crippen LogP contribution in [0.2, 0.25) is 0 Å². The molecule has 0 unspecified atom stereocenters. The Kier molecular flexibility index (Phi) is 14.1. The second kappa shape index (κ2) is 19.3. The van der Waals surface area contributed by atoms with E-state index in [1.54, 1.807) is 0 Å². The monoisotopic (exact) mass is 897 g/mol. The second-order valence-electron chi connectivity index (χ2n) is 20.0. The minimum absolute atomic E-state index is 1.16. The Balaban J connectivity index is 1.22. The van der Waals surface area contributed by atoms with Crippen LogP contribution in [-0.2, 0) is 0 Å². The Morgan fingerprint density at radius 1 is 0.221 bits per heavy atom. The van der Waals surface area contributed by atoms with Crippen LogP contribution in [0.5, 0.6) is 0 Å². The lowest BCUT2D eigenvalue weighted by Gasteiger charge is -2.35. The van der Waals surface area contributed by atoms with Crippen LogP contribution >= 0.6 is 0 Å². The lowest BCUT2D eigenvalue weighted by molar-refractivity contribution is 1.09.